The van der Waals surface area contributed by atoms with E-state index in [1.807, 2.05) is 26.8 Å². The van der Waals surface area contributed by atoms with Crippen molar-refractivity contribution in [3.63, 3.8) is 0 Å². The first-order valence-electron chi connectivity index (χ1n) is 6.54. The number of carbonyl (C=O) groups is 1. The first-order chi connectivity index (χ1) is 9.88. The van der Waals surface area contributed by atoms with Crippen molar-refractivity contribution in [3.8, 4) is 0 Å². The Bertz CT molecular complexity index is 750. The highest BCUT2D eigenvalue weighted by Crippen LogP contribution is 2.14. The Morgan fingerprint density at radius 2 is 2.00 bits per heavy atom. The Labute approximate surface area is 128 Å². The van der Waals surface area contributed by atoms with Gasteiger partial charge in [0.15, 0.2) is 0 Å². The molecule has 0 saturated heterocycles. The average molecular weight is 304 g/mol. The minimum Gasteiger partial charge on any atom is -0.348 e. The van der Waals surface area contributed by atoms with Gasteiger partial charge in [-0.05, 0) is 44.0 Å². The lowest BCUT2D eigenvalue weighted by molar-refractivity contribution is 0.0950. The summed E-state index contributed by atoms with van der Waals surface area (Å²) in [6, 6.07) is 8.14. The lowest BCUT2D eigenvalue weighted by Crippen LogP contribution is -2.28. The molecule has 1 radical (unpaired) electrons. The Balaban J connectivity index is 2.19. The van der Waals surface area contributed by atoms with Crippen LogP contribution in [0.5, 0.6) is 0 Å². The van der Waals surface area contributed by atoms with Crippen molar-refractivity contribution in [2.45, 2.75) is 27.3 Å². The van der Waals surface area contributed by atoms with Crippen LogP contribution in [0.3, 0.4) is 0 Å². The average Bonchev–Trinajstić information content (AvgIpc) is 2.40. The molecule has 0 fully saturated rings. The molecular formula is C16H16ClN2O2. The summed E-state index contributed by atoms with van der Waals surface area (Å²) in [6.07, 6.45) is 0. The number of nitrogens with one attached hydrogen (secondary N) is 2. The molecule has 2 N–H and O–H groups in total. The predicted octanol–water partition coefficient (Wildman–Crippen LogP) is 2.68. The Hall–Kier alpha value is -2.07. The van der Waals surface area contributed by atoms with Crippen molar-refractivity contribution >= 4 is 17.5 Å². The van der Waals surface area contributed by atoms with Crippen LogP contribution < -0.4 is 10.9 Å². The number of hydrogen-bond acceptors (Lipinski definition) is 2. The monoisotopic (exact) mass is 303 g/mol. The summed E-state index contributed by atoms with van der Waals surface area (Å²) in [5.74, 6) is -0.297. The van der Waals surface area contributed by atoms with E-state index in [1.54, 1.807) is 12.1 Å². The summed E-state index contributed by atoms with van der Waals surface area (Å²) in [5.41, 5.74) is 3.19. The Kier molecular flexibility index (Phi) is 4.48. The first-order valence-corrected chi connectivity index (χ1v) is 6.92. The maximum absolute atomic E-state index is 12.2. The molecule has 0 atom stereocenters. The number of aromatic nitrogens is 1. The molecule has 5 heteroatoms. The van der Waals surface area contributed by atoms with E-state index < -0.39 is 0 Å². The highest BCUT2D eigenvalue weighted by atomic mass is 35.5. The zero-order valence-corrected chi connectivity index (χ0v) is 12.9. The minimum atomic E-state index is -0.297. The zero-order chi connectivity index (χ0) is 15.6. The van der Waals surface area contributed by atoms with Crippen LogP contribution in [-0.2, 0) is 6.54 Å². The minimum absolute atomic E-state index is 0.167. The van der Waals surface area contributed by atoms with Gasteiger partial charge in [-0.25, -0.2) is 0 Å². The number of halogens is 1. The van der Waals surface area contributed by atoms with Gasteiger partial charge in [0.05, 0.1) is 5.56 Å². The van der Waals surface area contributed by atoms with Gasteiger partial charge in [0.25, 0.3) is 11.5 Å². The van der Waals surface area contributed by atoms with Crippen LogP contribution in [0.2, 0.25) is 5.02 Å². The molecule has 109 valence electrons. The van der Waals surface area contributed by atoms with Gasteiger partial charge in [0, 0.05) is 28.9 Å². The maximum atomic E-state index is 12.2. The lowest BCUT2D eigenvalue weighted by atomic mass is 10.1. The molecule has 0 unspecified atom stereocenters. The third-order valence-corrected chi connectivity index (χ3v) is 3.49. The Morgan fingerprint density at radius 3 is 2.67 bits per heavy atom. The van der Waals surface area contributed by atoms with Crippen LogP contribution in [0.1, 0.15) is 32.7 Å². The van der Waals surface area contributed by atoms with Crippen molar-refractivity contribution in [1.29, 1.82) is 0 Å². The van der Waals surface area contributed by atoms with Crippen LogP contribution in [0, 0.1) is 26.8 Å². The van der Waals surface area contributed by atoms with Crippen LogP contribution in [0.4, 0.5) is 0 Å². The number of amides is 1. The fourth-order valence-electron chi connectivity index (χ4n) is 2.14. The molecule has 0 saturated carbocycles. The summed E-state index contributed by atoms with van der Waals surface area (Å²) in [7, 11) is 0. The van der Waals surface area contributed by atoms with Gasteiger partial charge in [0.1, 0.15) is 0 Å². The van der Waals surface area contributed by atoms with Gasteiger partial charge in [-0.3, -0.25) is 9.59 Å². The van der Waals surface area contributed by atoms with Crippen LogP contribution in [0.15, 0.2) is 23.0 Å². The van der Waals surface area contributed by atoms with Gasteiger partial charge < -0.3 is 10.3 Å². The van der Waals surface area contributed by atoms with E-state index in [9.17, 15) is 9.59 Å². The number of aromatic amines is 1. The molecule has 0 aliphatic carbocycles. The molecule has 0 bridgehead atoms. The second-order valence-electron chi connectivity index (χ2n) is 4.99. The molecule has 2 rings (SSSR count). The van der Waals surface area contributed by atoms with E-state index in [2.05, 4.69) is 16.4 Å². The third kappa shape index (κ3) is 3.52. The summed E-state index contributed by atoms with van der Waals surface area (Å²) in [5, 5.41) is 3.12. The smallest absolute Gasteiger partial charge is 0.253 e. The predicted molar refractivity (Wildman–Crippen MR) is 82.7 cm³/mol. The molecule has 2 aromatic rings. The van der Waals surface area contributed by atoms with Gasteiger partial charge in [0.2, 0.25) is 0 Å². The van der Waals surface area contributed by atoms with E-state index in [1.165, 1.54) is 0 Å². The molecule has 0 aliphatic rings. The van der Waals surface area contributed by atoms with Crippen LogP contribution in [-0.4, -0.2) is 10.9 Å². The normalized spacial score (nSPS) is 10.5. The SMILES string of the molecule is Cc1cc(C)c(CNC(=O)c2[c]c(Cl)ccc2C)c(=O)[nH]1. The standard InChI is InChI=1S/C16H16ClN2O2/c1-9-4-5-12(17)7-13(9)15(20)18-8-14-10(2)6-11(3)19-16(14)21/h4-6H,8H2,1-3H3,(H,18,20)(H,19,21). The van der Waals surface area contributed by atoms with E-state index in [-0.39, 0.29) is 18.0 Å². The van der Waals surface area contributed by atoms with Crippen LogP contribution >= 0.6 is 11.6 Å². The van der Waals surface area contributed by atoms with Crippen molar-refractivity contribution in [3.05, 3.63) is 67.6 Å². The van der Waals surface area contributed by atoms with E-state index in [4.69, 9.17) is 11.6 Å². The molecule has 0 spiro atoms. The summed E-state index contributed by atoms with van der Waals surface area (Å²) in [4.78, 5) is 26.8. The van der Waals surface area contributed by atoms with Crippen molar-refractivity contribution in [1.82, 2.24) is 10.3 Å². The quantitative estimate of drug-likeness (QED) is 0.916. The van der Waals surface area contributed by atoms with Crippen molar-refractivity contribution in [2.75, 3.05) is 0 Å². The van der Waals surface area contributed by atoms with Gasteiger partial charge in [-0.15, -0.1) is 0 Å². The van der Waals surface area contributed by atoms with Crippen molar-refractivity contribution < 1.29 is 4.79 Å². The molecule has 1 aromatic heterocycles. The molecule has 1 heterocycles. The van der Waals surface area contributed by atoms with Gasteiger partial charge in [-0.2, -0.15) is 0 Å². The number of aryl methyl sites for hydroxylation is 3. The Morgan fingerprint density at radius 1 is 1.29 bits per heavy atom. The summed E-state index contributed by atoms with van der Waals surface area (Å²) >= 11 is 5.86. The second kappa shape index (κ2) is 6.14. The molecule has 21 heavy (non-hydrogen) atoms. The molecule has 0 aliphatic heterocycles. The number of H-pyrrole nitrogens is 1. The molecule has 1 amide bonds. The van der Waals surface area contributed by atoms with Crippen LogP contribution in [0.25, 0.3) is 0 Å². The van der Waals surface area contributed by atoms with Crippen molar-refractivity contribution in [2.24, 2.45) is 0 Å². The number of benzene rings is 1. The van der Waals surface area contributed by atoms with E-state index in [0.717, 1.165) is 16.8 Å². The summed E-state index contributed by atoms with van der Waals surface area (Å²) < 4.78 is 0. The zero-order valence-electron chi connectivity index (χ0n) is 12.1. The fourth-order valence-corrected chi connectivity index (χ4v) is 2.29. The highest BCUT2D eigenvalue weighted by Gasteiger charge is 2.12. The fraction of sp³-hybridized carbons (Fsp3) is 0.250. The number of pyridine rings is 1. The number of rotatable bonds is 3. The molecule has 1 aromatic carbocycles. The van der Waals surface area contributed by atoms with Gasteiger partial charge >= 0.3 is 0 Å². The lowest BCUT2D eigenvalue weighted by Gasteiger charge is -2.09. The number of carbonyl (C=O) groups excluding carboxylic acids is 1. The summed E-state index contributed by atoms with van der Waals surface area (Å²) in [6.45, 7) is 5.65. The van der Waals surface area contributed by atoms with Gasteiger partial charge in [-0.1, -0.05) is 17.7 Å². The second-order valence-corrected chi connectivity index (χ2v) is 5.40. The number of hydrogen-bond donors (Lipinski definition) is 2. The van der Waals surface area contributed by atoms with E-state index >= 15 is 0 Å². The van der Waals surface area contributed by atoms with E-state index in [0.29, 0.717) is 16.1 Å². The topological polar surface area (TPSA) is 62.0 Å². The maximum Gasteiger partial charge on any atom is 0.253 e. The highest BCUT2D eigenvalue weighted by molar-refractivity contribution is 6.30. The first kappa shape index (κ1) is 15.3. The third-order valence-electron chi connectivity index (χ3n) is 3.27. The molecule has 4 nitrogen and oxygen atoms in total. The molecular weight excluding hydrogens is 288 g/mol. The largest absolute Gasteiger partial charge is 0.348 e.